The van der Waals surface area contributed by atoms with E-state index in [0.29, 0.717) is 23.5 Å². The molecule has 0 bridgehead atoms. The Kier molecular flexibility index (Phi) is 3.16. The van der Waals surface area contributed by atoms with Crippen molar-refractivity contribution in [1.82, 2.24) is 14.6 Å². The number of nitrogens with zero attached hydrogens (tertiary/aromatic N) is 2. The van der Waals surface area contributed by atoms with Crippen LogP contribution in [0.3, 0.4) is 0 Å². The van der Waals surface area contributed by atoms with Gasteiger partial charge in [-0.1, -0.05) is 6.07 Å². The van der Waals surface area contributed by atoms with E-state index in [-0.39, 0.29) is 5.56 Å². The van der Waals surface area contributed by atoms with Gasteiger partial charge in [-0.2, -0.15) is 0 Å². The van der Waals surface area contributed by atoms with E-state index >= 15 is 0 Å². The fourth-order valence-corrected chi connectivity index (χ4v) is 2.99. The normalized spacial score (nSPS) is 11.3. The van der Waals surface area contributed by atoms with Gasteiger partial charge in [0.1, 0.15) is 0 Å². The van der Waals surface area contributed by atoms with E-state index in [2.05, 4.69) is 10.1 Å². The van der Waals surface area contributed by atoms with E-state index in [9.17, 15) is 4.79 Å². The van der Waals surface area contributed by atoms with Crippen molar-refractivity contribution in [3.05, 3.63) is 45.2 Å². The Morgan fingerprint density at radius 1 is 1.53 bits per heavy atom. The largest absolute Gasteiger partial charge is 0.288 e. The zero-order valence-electron chi connectivity index (χ0n) is 10.3. The molecule has 0 fully saturated rings. The van der Waals surface area contributed by atoms with Crippen LogP contribution in [0.15, 0.2) is 28.4 Å². The number of aromatic nitrogens is 3. The van der Waals surface area contributed by atoms with Gasteiger partial charge in [-0.25, -0.2) is 9.50 Å². The minimum Gasteiger partial charge on any atom is -0.288 e. The Balaban J connectivity index is 2.24. The molecule has 3 aromatic heterocycles. The van der Waals surface area contributed by atoms with Gasteiger partial charge in [-0.3, -0.25) is 9.89 Å². The molecule has 0 aliphatic rings. The lowest BCUT2D eigenvalue weighted by Gasteiger charge is -2.02. The van der Waals surface area contributed by atoms with Crippen molar-refractivity contribution in [1.29, 1.82) is 0 Å². The SMILES string of the molecule is Cc1nc2cc(-c3cccs3)[nH]n2c(=O)c1CCCl. The highest BCUT2D eigenvalue weighted by atomic mass is 35.5. The highest BCUT2D eigenvalue weighted by molar-refractivity contribution is 7.13. The van der Waals surface area contributed by atoms with Gasteiger partial charge >= 0.3 is 0 Å². The third-order valence-corrected chi connectivity index (χ3v) is 4.14. The maximum absolute atomic E-state index is 12.4. The second-order valence-corrected chi connectivity index (χ2v) is 5.59. The average molecular weight is 294 g/mol. The van der Waals surface area contributed by atoms with Gasteiger partial charge in [0, 0.05) is 23.2 Å². The monoisotopic (exact) mass is 293 g/mol. The smallest absolute Gasteiger partial charge is 0.276 e. The summed E-state index contributed by atoms with van der Waals surface area (Å²) in [5.74, 6) is 0.419. The molecule has 3 aromatic rings. The van der Waals surface area contributed by atoms with Crippen LogP contribution in [-0.4, -0.2) is 20.5 Å². The number of thiophene rings is 1. The summed E-state index contributed by atoms with van der Waals surface area (Å²) in [6.45, 7) is 1.85. The van der Waals surface area contributed by atoms with E-state index in [1.165, 1.54) is 4.52 Å². The second kappa shape index (κ2) is 4.83. The molecule has 0 amide bonds. The molecule has 3 heterocycles. The summed E-state index contributed by atoms with van der Waals surface area (Å²) >= 11 is 7.35. The lowest BCUT2D eigenvalue weighted by Crippen LogP contribution is -2.22. The van der Waals surface area contributed by atoms with Gasteiger partial charge in [0.15, 0.2) is 5.65 Å². The van der Waals surface area contributed by atoms with E-state index in [0.717, 1.165) is 16.3 Å². The topological polar surface area (TPSA) is 50.2 Å². The summed E-state index contributed by atoms with van der Waals surface area (Å²) in [6.07, 6.45) is 0.537. The summed E-state index contributed by atoms with van der Waals surface area (Å²) in [6, 6.07) is 5.88. The van der Waals surface area contributed by atoms with Crippen LogP contribution in [0.1, 0.15) is 11.3 Å². The van der Waals surface area contributed by atoms with Crippen molar-refractivity contribution in [2.45, 2.75) is 13.3 Å². The van der Waals surface area contributed by atoms with Gasteiger partial charge in [-0.05, 0) is 24.8 Å². The Bertz CT molecular complexity index is 773. The van der Waals surface area contributed by atoms with E-state index in [1.54, 1.807) is 11.3 Å². The first-order valence-electron chi connectivity index (χ1n) is 5.92. The number of fused-ring (bicyclic) bond motifs is 1. The third-order valence-electron chi connectivity index (χ3n) is 3.05. The Labute approximate surface area is 118 Å². The second-order valence-electron chi connectivity index (χ2n) is 4.26. The van der Waals surface area contributed by atoms with Gasteiger partial charge in [0.25, 0.3) is 5.56 Å². The molecule has 4 nitrogen and oxygen atoms in total. The van der Waals surface area contributed by atoms with E-state index in [1.807, 2.05) is 30.5 Å². The zero-order chi connectivity index (χ0) is 13.4. The first-order chi connectivity index (χ1) is 9.20. The highest BCUT2D eigenvalue weighted by Gasteiger charge is 2.12. The molecule has 0 aliphatic heterocycles. The van der Waals surface area contributed by atoms with Gasteiger partial charge < -0.3 is 0 Å². The van der Waals surface area contributed by atoms with Crippen LogP contribution in [-0.2, 0) is 6.42 Å². The molecule has 1 N–H and O–H groups in total. The highest BCUT2D eigenvalue weighted by Crippen LogP contribution is 2.23. The zero-order valence-corrected chi connectivity index (χ0v) is 11.9. The molecule has 0 aliphatic carbocycles. The number of rotatable bonds is 3. The van der Waals surface area contributed by atoms with Crippen molar-refractivity contribution >= 4 is 28.6 Å². The van der Waals surface area contributed by atoms with Crippen molar-refractivity contribution in [3.63, 3.8) is 0 Å². The summed E-state index contributed by atoms with van der Waals surface area (Å²) in [5, 5.41) is 5.10. The number of H-pyrrole nitrogens is 1. The molecule has 0 saturated heterocycles. The van der Waals surface area contributed by atoms with Crippen LogP contribution in [0.5, 0.6) is 0 Å². The van der Waals surface area contributed by atoms with Crippen LogP contribution in [0.25, 0.3) is 16.2 Å². The fourth-order valence-electron chi connectivity index (χ4n) is 2.11. The third kappa shape index (κ3) is 2.09. The standard InChI is InChI=1S/C13H12ClN3OS/c1-8-9(4-5-14)13(18)17-12(15-8)7-10(16-17)11-3-2-6-19-11/h2-3,6-7,16H,4-5H2,1H3. The molecule has 0 aromatic carbocycles. The summed E-state index contributed by atoms with van der Waals surface area (Å²) in [4.78, 5) is 17.9. The molecular weight excluding hydrogens is 282 g/mol. The van der Waals surface area contributed by atoms with Crippen molar-refractivity contribution in [3.8, 4) is 10.6 Å². The Morgan fingerprint density at radius 2 is 2.37 bits per heavy atom. The number of nitrogens with one attached hydrogen (secondary N) is 1. The van der Waals surface area contributed by atoms with Crippen LogP contribution in [0.2, 0.25) is 0 Å². The molecule has 19 heavy (non-hydrogen) atoms. The molecule has 0 saturated carbocycles. The van der Waals surface area contributed by atoms with Gasteiger partial charge in [0.05, 0.1) is 10.6 Å². The van der Waals surface area contributed by atoms with Gasteiger partial charge in [-0.15, -0.1) is 22.9 Å². The Hall–Kier alpha value is -1.59. The minimum atomic E-state index is -0.0639. The number of hydrogen-bond acceptors (Lipinski definition) is 3. The minimum absolute atomic E-state index is 0.0639. The van der Waals surface area contributed by atoms with Crippen LogP contribution >= 0.6 is 22.9 Å². The number of hydrogen-bond donors (Lipinski definition) is 1. The predicted octanol–water partition coefficient (Wildman–Crippen LogP) is 2.84. The van der Waals surface area contributed by atoms with E-state index in [4.69, 9.17) is 11.6 Å². The predicted molar refractivity (Wildman–Crippen MR) is 78.3 cm³/mol. The maximum Gasteiger partial charge on any atom is 0.276 e. The van der Waals surface area contributed by atoms with Crippen LogP contribution in [0, 0.1) is 6.92 Å². The number of aryl methyl sites for hydroxylation is 1. The molecule has 0 unspecified atom stereocenters. The summed E-state index contributed by atoms with van der Waals surface area (Å²) < 4.78 is 1.49. The van der Waals surface area contributed by atoms with Crippen LogP contribution < -0.4 is 5.56 Å². The lowest BCUT2D eigenvalue weighted by molar-refractivity contribution is 0.857. The maximum atomic E-state index is 12.4. The molecule has 98 valence electrons. The molecule has 0 spiro atoms. The van der Waals surface area contributed by atoms with Crippen molar-refractivity contribution < 1.29 is 0 Å². The first kappa shape index (κ1) is 12.4. The van der Waals surface area contributed by atoms with E-state index < -0.39 is 0 Å². The summed E-state index contributed by atoms with van der Waals surface area (Å²) in [7, 11) is 0. The molecular formula is C13H12ClN3OS. The number of halogens is 1. The molecule has 0 atom stereocenters. The Morgan fingerprint density at radius 3 is 3.05 bits per heavy atom. The number of alkyl halides is 1. The lowest BCUT2D eigenvalue weighted by atomic mass is 10.2. The number of aromatic amines is 1. The summed E-state index contributed by atoms with van der Waals surface area (Å²) in [5.41, 5.74) is 2.91. The molecule has 3 rings (SSSR count). The van der Waals surface area contributed by atoms with Crippen molar-refractivity contribution in [2.75, 3.05) is 5.88 Å². The van der Waals surface area contributed by atoms with Crippen molar-refractivity contribution in [2.24, 2.45) is 0 Å². The first-order valence-corrected chi connectivity index (χ1v) is 7.33. The van der Waals surface area contributed by atoms with Gasteiger partial charge in [0.2, 0.25) is 0 Å². The quantitative estimate of drug-likeness (QED) is 0.755. The molecule has 0 radical (unpaired) electrons. The average Bonchev–Trinajstić information content (AvgIpc) is 3.02. The van der Waals surface area contributed by atoms with Crippen LogP contribution in [0.4, 0.5) is 0 Å². The molecule has 6 heteroatoms. The fraction of sp³-hybridized carbons (Fsp3) is 0.231.